The van der Waals surface area contributed by atoms with Gasteiger partial charge in [0.15, 0.2) is 0 Å². The van der Waals surface area contributed by atoms with Crippen LogP contribution in [0.2, 0.25) is 0 Å². The van der Waals surface area contributed by atoms with Gasteiger partial charge in [0, 0.05) is 19.9 Å². The molecule has 0 radical (unpaired) electrons. The number of hydrogen-bond acceptors (Lipinski definition) is 4. The number of amides is 1. The topological polar surface area (TPSA) is 66.8 Å². The predicted octanol–water partition coefficient (Wildman–Crippen LogP) is 2.00. The number of carboxylic acid groups (broad SMARTS) is 1. The van der Waals surface area contributed by atoms with Crippen LogP contribution in [-0.4, -0.2) is 59.7 Å². The molecule has 0 aliphatic heterocycles. The average molecular weight is 303 g/mol. The maximum Gasteiger partial charge on any atom is 0.305 e. The highest BCUT2D eigenvalue weighted by atomic mass is 32.2. The summed E-state index contributed by atoms with van der Waals surface area (Å²) in [7, 11) is 3.39. The zero-order chi connectivity index (χ0) is 15.0. The fourth-order valence-electron chi connectivity index (χ4n) is 2.79. The minimum Gasteiger partial charge on any atom is -0.481 e. The number of methoxy groups -OCH3 is 1. The van der Waals surface area contributed by atoms with Crippen molar-refractivity contribution in [2.75, 3.05) is 32.3 Å². The number of carbonyl (C=O) groups is 2. The van der Waals surface area contributed by atoms with Gasteiger partial charge in [-0.05, 0) is 12.8 Å². The van der Waals surface area contributed by atoms with E-state index in [4.69, 9.17) is 9.84 Å². The monoisotopic (exact) mass is 303 g/mol. The van der Waals surface area contributed by atoms with Gasteiger partial charge in [0.1, 0.15) is 0 Å². The molecule has 1 saturated carbocycles. The van der Waals surface area contributed by atoms with Crippen molar-refractivity contribution in [3.05, 3.63) is 0 Å². The standard InChI is InChI=1S/C14H25NO4S/c1-15(12(16)11-20-9-8-19-2)14(10-13(17)18)6-4-3-5-7-14/h3-11H2,1-2H3,(H,17,18). The van der Waals surface area contributed by atoms with Crippen LogP contribution < -0.4 is 0 Å². The third-order valence-corrected chi connectivity index (χ3v) is 4.91. The molecule has 0 unspecified atom stereocenters. The van der Waals surface area contributed by atoms with E-state index in [-0.39, 0.29) is 12.3 Å². The van der Waals surface area contributed by atoms with Crippen molar-refractivity contribution in [3.8, 4) is 0 Å². The summed E-state index contributed by atoms with van der Waals surface area (Å²) in [4.78, 5) is 25.1. The van der Waals surface area contributed by atoms with E-state index in [1.165, 1.54) is 11.8 Å². The third kappa shape index (κ3) is 4.98. The number of aliphatic carboxylic acids is 1. The summed E-state index contributed by atoms with van der Waals surface area (Å²) in [5, 5.41) is 9.15. The molecule has 0 aromatic heterocycles. The van der Waals surface area contributed by atoms with Crippen molar-refractivity contribution in [1.29, 1.82) is 0 Å². The zero-order valence-electron chi connectivity index (χ0n) is 12.4. The minimum absolute atomic E-state index is 0.0225. The van der Waals surface area contributed by atoms with Gasteiger partial charge in [0.05, 0.1) is 24.3 Å². The molecule has 0 spiro atoms. The largest absolute Gasteiger partial charge is 0.481 e. The maximum absolute atomic E-state index is 12.3. The Morgan fingerprint density at radius 1 is 1.30 bits per heavy atom. The van der Waals surface area contributed by atoms with Gasteiger partial charge in [-0.25, -0.2) is 0 Å². The molecule has 1 fully saturated rings. The number of nitrogens with zero attached hydrogens (tertiary/aromatic N) is 1. The Hall–Kier alpha value is -0.750. The van der Waals surface area contributed by atoms with Crippen molar-refractivity contribution in [3.63, 3.8) is 0 Å². The molecule has 5 nitrogen and oxygen atoms in total. The molecule has 0 heterocycles. The summed E-state index contributed by atoms with van der Waals surface area (Å²) < 4.78 is 4.95. The highest BCUT2D eigenvalue weighted by Crippen LogP contribution is 2.36. The molecule has 0 bridgehead atoms. The molecule has 0 aromatic rings. The SMILES string of the molecule is COCCSCC(=O)N(C)C1(CC(=O)O)CCCCC1. The average Bonchev–Trinajstić information content (AvgIpc) is 2.42. The first-order valence-electron chi connectivity index (χ1n) is 7.07. The fourth-order valence-corrected chi connectivity index (χ4v) is 3.58. The van der Waals surface area contributed by atoms with Gasteiger partial charge in [-0.1, -0.05) is 19.3 Å². The van der Waals surface area contributed by atoms with Crippen molar-refractivity contribution in [1.82, 2.24) is 4.90 Å². The fraction of sp³-hybridized carbons (Fsp3) is 0.857. The first-order valence-corrected chi connectivity index (χ1v) is 8.22. The second-order valence-electron chi connectivity index (χ2n) is 5.35. The van der Waals surface area contributed by atoms with Gasteiger partial charge in [-0.15, -0.1) is 11.8 Å². The van der Waals surface area contributed by atoms with Crippen LogP contribution in [0.15, 0.2) is 0 Å². The quantitative estimate of drug-likeness (QED) is 0.695. The summed E-state index contributed by atoms with van der Waals surface area (Å²) in [6, 6.07) is 0. The number of ether oxygens (including phenoxy) is 1. The normalized spacial score (nSPS) is 17.7. The third-order valence-electron chi connectivity index (χ3n) is 4.01. The van der Waals surface area contributed by atoms with E-state index in [2.05, 4.69) is 0 Å². The Labute approximate surface area is 125 Å². The van der Waals surface area contributed by atoms with E-state index in [1.807, 2.05) is 0 Å². The second-order valence-corrected chi connectivity index (χ2v) is 6.46. The number of thioether (sulfide) groups is 1. The van der Waals surface area contributed by atoms with E-state index in [0.29, 0.717) is 12.4 Å². The highest BCUT2D eigenvalue weighted by Gasteiger charge is 2.40. The van der Waals surface area contributed by atoms with Gasteiger partial charge < -0.3 is 14.7 Å². The molecule has 116 valence electrons. The molecule has 6 heteroatoms. The molecule has 1 amide bonds. The van der Waals surface area contributed by atoms with E-state index in [1.54, 1.807) is 19.1 Å². The van der Waals surface area contributed by atoms with Crippen molar-refractivity contribution < 1.29 is 19.4 Å². The molecule has 0 saturated heterocycles. The number of carboxylic acids is 1. The molecule has 1 aliphatic carbocycles. The van der Waals surface area contributed by atoms with E-state index < -0.39 is 11.5 Å². The van der Waals surface area contributed by atoms with Gasteiger partial charge in [0.2, 0.25) is 5.91 Å². The highest BCUT2D eigenvalue weighted by molar-refractivity contribution is 7.99. The van der Waals surface area contributed by atoms with Gasteiger partial charge in [-0.3, -0.25) is 9.59 Å². The van der Waals surface area contributed by atoms with E-state index in [9.17, 15) is 9.59 Å². The molecule has 0 aromatic carbocycles. The van der Waals surface area contributed by atoms with Crippen LogP contribution in [0.4, 0.5) is 0 Å². The molecular weight excluding hydrogens is 278 g/mol. The summed E-state index contributed by atoms with van der Waals surface area (Å²) in [6.45, 7) is 0.627. The first-order chi connectivity index (χ1) is 9.52. The Bertz CT molecular complexity index is 329. The van der Waals surface area contributed by atoms with Gasteiger partial charge >= 0.3 is 5.97 Å². The van der Waals surface area contributed by atoms with Crippen LogP contribution in [0.3, 0.4) is 0 Å². The van der Waals surface area contributed by atoms with Crippen molar-refractivity contribution >= 4 is 23.6 Å². The minimum atomic E-state index is -0.821. The number of carbonyl (C=O) groups excluding carboxylic acids is 1. The van der Waals surface area contributed by atoms with Crippen molar-refractivity contribution in [2.45, 2.75) is 44.1 Å². The van der Waals surface area contributed by atoms with Crippen LogP contribution in [0.25, 0.3) is 0 Å². The Morgan fingerprint density at radius 3 is 2.50 bits per heavy atom. The van der Waals surface area contributed by atoms with Crippen LogP contribution in [-0.2, 0) is 14.3 Å². The molecular formula is C14H25NO4S. The molecule has 1 N–H and O–H groups in total. The lowest BCUT2D eigenvalue weighted by Gasteiger charge is -2.44. The molecule has 20 heavy (non-hydrogen) atoms. The smallest absolute Gasteiger partial charge is 0.305 e. The second kappa shape index (κ2) is 8.52. The maximum atomic E-state index is 12.3. The van der Waals surface area contributed by atoms with Crippen LogP contribution in [0.1, 0.15) is 38.5 Å². The Kier molecular flexibility index (Phi) is 7.37. The molecule has 1 aliphatic rings. The summed E-state index contributed by atoms with van der Waals surface area (Å²) >= 11 is 1.53. The van der Waals surface area contributed by atoms with Crippen LogP contribution in [0, 0.1) is 0 Å². The lowest BCUT2D eigenvalue weighted by Crippen LogP contribution is -2.52. The van der Waals surface area contributed by atoms with E-state index in [0.717, 1.165) is 37.9 Å². The Balaban J connectivity index is 2.60. The molecule has 0 atom stereocenters. The van der Waals surface area contributed by atoms with Crippen molar-refractivity contribution in [2.24, 2.45) is 0 Å². The first kappa shape index (κ1) is 17.3. The van der Waals surface area contributed by atoms with Crippen LogP contribution >= 0.6 is 11.8 Å². The molecule has 1 rings (SSSR count). The van der Waals surface area contributed by atoms with Gasteiger partial charge in [0.25, 0.3) is 0 Å². The summed E-state index contributed by atoms with van der Waals surface area (Å²) in [5.74, 6) is 0.372. The summed E-state index contributed by atoms with van der Waals surface area (Å²) in [5.41, 5.74) is -0.483. The van der Waals surface area contributed by atoms with Crippen LogP contribution in [0.5, 0.6) is 0 Å². The zero-order valence-corrected chi connectivity index (χ0v) is 13.2. The predicted molar refractivity (Wildman–Crippen MR) is 80.0 cm³/mol. The lowest BCUT2D eigenvalue weighted by molar-refractivity contribution is -0.144. The summed E-state index contributed by atoms with van der Waals surface area (Å²) in [6.07, 6.45) is 4.78. The van der Waals surface area contributed by atoms with Gasteiger partial charge in [-0.2, -0.15) is 0 Å². The number of hydrogen-bond donors (Lipinski definition) is 1. The number of rotatable bonds is 8. The van der Waals surface area contributed by atoms with E-state index >= 15 is 0 Å². The lowest BCUT2D eigenvalue weighted by atomic mass is 9.78. The Morgan fingerprint density at radius 2 is 1.95 bits per heavy atom.